The normalized spacial score (nSPS) is 12.7. The van der Waals surface area contributed by atoms with Crippen LogP contribution in [0.4, 0.5) is 4.39 Å². The molecule has 0 aliphatic carbocycles. The SMILES string of the molecule is CC(NC(=O)c1cccc(Br)c1F)C(=O)NC(C)(C)C. The van der Waals surface area contributed by atoms with Crippen molar-refractivity contribution in [3.05, 3.63) is 34.1 Å². The van der Waals surface area contributed by atoms with Gasteiger partial charge in [0.2, 0.25) is 5.91 Å². The lowest BCUT2D eigenvalue weighted by molar-refractivity contribution is -0.124. The largest absolute Gasteiger partial charge is 0.350 e. The molecular formula is C14H18BrFN2O2. The van der Waals surface area contributed by atoms with Crippen molar-refractivity contribution in [3.63, 3.8) is 0 Å². The van der Waals surface area contributed by atoms with Crippen LogP contribution < -0.4 is 10.6 Å². The molecule has 0 aliphatic rings. The molecule has 0 fully saturated rings. The topological polar surface area (TPSA) is 58.2 Å². The van der Waals surface area contributed by atoms with Crippen LogP contribution in [0.2, 0.25) is 0 Å². The minimum Gasteiger partial charge on any atom is -0.350 e. The van der Waals surface area contributed by atoms with Gasteiger partial charge in [0.05, 0.1) is 10.0 Å². The number of amides is 2. The first-order valence-corrected chi connectivity index (χ1v) is 6.98. The highest BCUT2D eigenvalue weighted by molar-refractivity contribution is 9.10. The fourth-order valence-corrected chi connectivity index (χ4v) is 1.86. The van der Waals surface area contributed by atoms with Crippen LogP contribution in [0, 0.1) is 5.82 Å². The highest BCUT2D eigenvalue weighted by atomic mass is 79.9. The summed E-state index contributed by atoms with van der Waals surface area (Å²) in [6.45, 7) is 7.07. The predicted octanol–water partition coefficient (Wildman–Crippen LogP) is 2.62. The van der Waals surface area contributed by atoms with E-state index in [1.807, 2.05) is 20.8 Å². The third-order valence-electron chi connectivity index (χ3n) is 2.44. The zero-order valence-corrected chi connectivity index (χ0v) is 13.5. The fourth-order valence-electron chi connectivity index (χ4n) is 1.50. The zero-order valence-electron chi connectivity index (χ0n) is 11.9. The van der Waals surface area contributed by atoms with Gasteiger partial charge in [-0.25, -0.2) is 4.39 Å². The Morgan fingerprint density at radius 1 is 1.30 bits per heavy atom. The van der Waals surface area contributed by atoms with E-state index in [1.54, 1.807) is 13.0 Å². The van der Waals surface area contributed by atoms with Gasteiger partial charge < -0.3 is 10.6 Å². The monoisotopic (exact) mass is 344 g/mol. The lowest BCUT2D eigenvalue weighted by Gasteiger charge is -2.23. The lowest BCUT2D eigenvalue weighted by Crippen LogP contribution is -2.50. The molecule has 0 aliphatic heterocycles. The average Bonchev–Trinajstić information content (AvgIpc) is 2.30. The minimum atomic E-state index is -0.750. The summed E-state index contributed by atoms with van der Waals surface area (Å²) < 4.78 is 14.0. The molecule has 110 valence electrons. The van der Waals surface area contributed by atoms with Crippen molar-refractivity contribution in [1.29, 1.82) is 0 Å². The third kappa shape index (κ3) is 4.59. The maximum Gasteiger partial charge on any atom is 0.254 e. The smallest absolute Gasteiger partial charge is 0.254 e. The van der Waals surface area contributed by atoms with Crippen LogP contribution in [0.1, 0.15) is 38.1 Å². The van der Waals surface area contributed by atoms with E-state index in [0.29, 0.717) is 0 Å². The van der Waals surface area contributed by atoms with Crippen LogP contribution in [0.5, 0.6) is 0 Å². The molecule has 1 atom stereocenters. The third-order valence-corrected chi connectivity index (χ3v) is 3.05. The Labute approximate surface area is 126 Å². The number of nitrogens with one attached hydrogen (secondary N) is 2. The Kier molecular flexibility index (Phi) is 5.28. The molecule has 2 N–H and O–H groups in total. The molecule has 0 spiro atoms. The standard InChI is InChI=1S/C14H18BrFN2O2/c1-8(12(19)18-14(2,3)4)17-13(20)9-6-5-7-10(15)11(9)16/h5-8H,1-4H3,(H,17,20)(H,18,19). The molecule has 20 heavy (non-hydrogen) atoms. The van der Waals surface area contributed by atoms with Gasteiger partial charge in [-0.15, -0.1) is 0 Å². The summed E-state index contributed by atoms with van der Waals surface area (Å²) in [7, 11) is 0. The Morgan fingerprint density at radius 2 is 1.90 bits per heavy atom. The number of hydrogen-bond donors (Lipinski definition) is 2. The maximum absolute atomic E-state index is 13.8. The number of carbonyl (C=O) groups excluding carboxylic acids is 2. The second-order valence-corrected chi connectivity index (χ2v) is 6.39. The first kappa shape index (κ1) is 16.6. The molecule has 0 aromatic heterocycles. The molecule has 2 amide bonds. The lowest BCUT2D eigenvalue weighted by atomic mass is 10.1. The van der Waals surface area contributed by atoms with Gasteiger partial charge in [0.15, 0.2) is 0 Å². The van der Waals surface area contributed by atoms with E-state index in [1.165, 1.54) is 12.1 Å². The molecule has 1 aromatic carbocycles. The summed E-state index contributed by atoms with van der Waals surface area (Å²) in [5, 5.41) is 5.22. The Balaban J connectivity index is 2.76. The first-order chi connectivity index (χ1) is 9.11. The molecule has 0 heterocycles. The predicted molar refractivity (Wildman–Crippen MR) is 78.9 cm³/mol. The maximum atomic E-state index is 13.8. The molecule has 0 saturated carbocycles. The minimum absolute atomic E-state index is 0.102. The molecule has 1 unspecified atom stereocenters. The van der Waals surface area contributed by atoms with Crippen LogP contribution >= 0.6 is 15.9 Å². The van der Waals surface area contributed by atoms with Crippen molar-refractivity contribution in [2.24, 2.45) is 0 Å². The van der Waals surface area contributed by atoms with Crippen LogP contribution in [-0.2, 0) is 4.79 Å². The zero-order chi connectivity index (χ0) is 15.5. The van der Waals surface area contributed by atoms with E-state index in [2.05, 4.69) is 26.6 Å². The summed E-state index contributed by atoms with van der Waals surface area (Å²) in [4.78, 5) is 23.8. The highest BCUT2D eigenvalue weighted by Crippen LogP contribution is 2.18. The van der Waals surface area contributed by atoms with E-state index >= 15 is 0 Å². The summed E-state index contributed by atoms with van der Waals surface area (Å²) >= 11 is 3.01. The van der Waals surface area contributed by atoms with Crippen LogP contribution in [0.3, 0.4) is 0 Å². The second kappa shape index (κ2) is 6.35. The van der Waals surface area contributed by atoms with Crippen LogP contribution in [0.15, 0.2) is 22.7 Å². The van der Waals surface area contributed by atoms with Crippen molar-refractivity contribution < 1.29 is 14.0 Å². The molecule has 4 nitrogen and oxygen atoms in total. The quantitative estimate of drug-likeness (QED) is 0.885. The first-order valence-electron chi connectivity index (χ1n) is 6.18. The molecule has 0 radical (unpaired) electrons. The molecule has 0 bridgehead atoms. The van der Waals surface area contributed by atoms with Gasteiger partial charge in [0.25, 0.3) is 5.91 Å². The summed E-state index contributed by atoms with van der Waals surface area (Å²) in [5.74, 6) is -1.59. The van der Waals surface area contributed by atoms with Crippen molar-refractivity contribution in [3.8, 4) is 0 Å². The molecule has 1 rings (SSSR count). The van der Waals surface area contributed by atoms with Gasteiger partial charge in [0, 0.05) is 5.54 Å². The molecular weight excluding hydrogens is 327 g/mol. The number of rotatable bonds is 3. The highest BCUT2D eigenvalue weighted by Gasteiger charge is 2.22. The van der Waals surface area contributed by atoms with Gasteiger partial charge in [0.1, 0.15) is 11.9 Å². The van der Waals surface area contributed by atoms with Gasteiger partial charge in [-0.05, 0) is 55.8 Å². The van der Waals surface area contributed by atoms with Gasteiger partial charge in [-0.2, -0.15) is 0 Å². The number of benzene rings is 1. The number of carbonyl (C=O) groups is 2. The fraction of sp³-hybridized carbons (Fsp3) is 0.429. The van der Waals surface area contributed by atoms with Crippen molar-refractivity contribution in [2.75, 3.05) is 0 Å². The van der Waals surface area contributed by atoms with Gasteiger partial charge >= 0.3 is 0 Å². The summed E-state index contributed by atoms with van der Waals surface area (Å²) in [6, 6.07) is 3.67. The molecule has 0 saturated heterocycles. The van der Waals surface area contributed by atoms with Crippen LogP contribution in [-0.4, -0.2) is 23.4 Å². The number of halogens is 2. The van der Waals surface area contributed by atoms with Crippen molar-refractivity contribution in [2.45, 2.75) is 39.3 Å². The van der Waals surface area contributed by atoms with Crippen molar-refractivity contribution in [1.82, 2.24) is 10.6 Å². The molecule has 1 aromatic rings. The van der Waals surface area contributed by atoms with Gasteiger partial charge in [-0.1, -0.05) is 6.07 Å². The van der Waals surface area contributed by atoms with E-state index in [4.69, 9.17) is 0 Å². The van der Waals surface area contributed by atoms with Crippen molar-refractivity contribution >= 4 is 27.7 Å². The van der Waals surface area contributed by atoms with E-state index in [9.17, 15) is 14.0 Å². The van der Waals surface area contributed by atoms with E-state index in [0.717, 1.165) is 0 Å². The van der Waals surface area contributed by atoms with E-state index < -0.39 is 23.3 Å². The summed E-state index contributed by atoms with van der Waals surface area (Å²) in [6.07, 6.45) is 0. The number of hydrogen-bond acceptors (Lipinski definition) is 2. The Morgan fingerprint density at radius 3 is 2.45 bits per heavy atom. The second-order valence-electron chi connectivity index (χ2n) is 5.54. The Hall–Kier alpha value is -1.43. The average molecular weight is 345 g/mol. The molecule has 6 heteroatoms. The van der Waals surface area contributed by atoms with Crippen LogP contribution in [0.25, 0.3) is 0 Å². The van der Waals surface area contributed by atoms with Gasteiger partial charge in [-0.3, -0.25) is 9.59 Å². The van der Waals surface area contributed by atoms with E-state index in [-0.39, 0.29) is 15.9 Å². The Bertz CT molecular complexity index is 526. The summed E-state index contributed by atoms with van der Waals surface area (Å²) in [5.41, 5.74) is -0.494.